The zero-order chi connectivity index (χ0) is 24.3. The molecule has 0 aliphatic carbocycles. The standard InChI is InChI=1S/C27H29FN2O4/c1-3-29-27(32)25(17-20-8-5-4-6-9-20)30(18-21-10-7-11-24(16-21)33-2)26(31)19-34-23-14-12-22(28)13-15-23/h4-16,25H,3,17-19H2,1-2H3,(H,29,32)/t25-/m1/s1. The van der Waals surface area contributed by atoms with Gasteiger partial charge in [0.1, 0.15) is 23.4 Å². The number of rotatable bonds is 11. The number of benzene rings is 3. The van der Waals surface area contributed by atoms with Crippen LogP contribution in [0.1, 0.15) is 18.1 Å². The van der Waals surface area contributed by atoms with E-state index in [4.69, 9.17) is 9.47 Å². The molecular formula is C27H29FN2O4. The molecule has 34 heavy (non-hydrogen) atoms. The lowest BCUT2D eigenvalue weighted by atomic mass is 10.0. The van der Waals surface area contributed by atoms with Gasteiger partial charge in [-0.3, -0.25) is 9.59 Å². The van der Waals surface area contributed by atoms with Gasteiger partial charge in [0.25, 0.3) is 5.91 Å². The van der Waals surface area contributed by atoms with Crippen molar-refractivity contribution in [3.05, 3.63) is 95.8 Å². The van der Waals surface area contributed by atoms with E-state index in [1.807, 2.05) is 61.5 Å². The molecule has 6 nitrogen and oxygen atoms in total. The fourth-order valence-corrected chi connectivity index (χ4v) is 3.57. The van der Waals surface area contributed by atoms with Crippen molar-refractivity contribution in [2.24, 2.45) is 0 Å². The summed E-state index contributed by atoms with van der Waals surface area (Å²) in [5.74, 6) is 0.0278. The third kappa shape index (κ3) is 7.07. The third-order valence-corrected chi connectivity index (χ3v) is 5.29. The highest BCUT2D eigenvalue weighted by Crippen LogP contribution is 2.19. The molecule has 178 valence electrons. The summed E-state index contributed by atoms with van der Waals surface area (Å²) in [5.41, 5.74) is 1.75. The van der Waals surface area contributed by atoms with E-state index >= 15 is 0 Å². The van der Waals surface area contributed by atoms with E-state index in [0.29, 0.717) is 24.5 Å². The minimum atomic E-state index is -0.752. The molecule has 0 aliphatic rings. The molecule has 0 radical (unpaired) electrons. The van der Waals surface area contributed by atoms with Gasteiger partial charge in [0.15, 0.2) is 6.61 Å². The monoisotopic (exact) mass is 464 g/mol. The number of likely N-dealkylation sites (N-methyl/N-ethyl adjacent to an activating group) is 1. The molecule has 0 spiro atoms. The molecule has 7 heteroatoms. The maximum Gasteiger partial charge on any atom is 0.261 e. The van der Waals surface area contributed by atoms with Crippen LogP contribution < -0.4 is 14.8 Å². The van der Waals surface area contributed by atoms with E-state index in [2.05, 4.69) is 5.32 Å². The Morgan fingerprint density at radius 3 is 2.32 bits per heavy atom. The second kappa shape index (κ2) is 12.4. The Labute approximate surface area is 199 Å². The highest BCUT2D eigenvalue weighted by atomic mass is 19.1. The molecule has 2 amide bonds. The minimum Gasteiger partial charge on any atom is -0.497 e. The largest absolute Gasteiger partial charge is 0.497 e. The van der Waals surface area contributed by atoms with Crippen molar-refractivity contribution >= 4 is 11.8 Å². The lowest BCUT2D eigenvalue weighted by Gasteiger charge is -2.31. The minimum absolute atomic E-state index is 0.192. The Kier molecular flexibility index (Phi) is 9.03. The maximum atomic E-state index is 13.4. The van der Waals surface area contributed by atoms with Gasteiger partial charge in [0, 0.05) is 19.5 Å². The summed E-state index contributed by atoms with van der Waals surface area (Å²) in [7, 11) is 1.57. The van der Waals surface area contributed by atoms with Gasteiger partial charge >= 0.3 is 0 Å². The van der Waals surface area contributed by atoms with E-state index in [1.54, 1.807) is 7.11 Å². The first-order chi connectivity index (χ1) is 16.5. The van der Waals surface area contributed by atoms with Crippen LogP contribution in [-0.4, -0.2) is 43.0 Å². The van der Waals surface area contributed by atoms with Crippen LogP contribution in [0.5, 0.6) is 11.5 Å². The van der Waals surface area contributed by atoms with E-state index < -0.39 is 11.9 Å². The third-order valence-electron chi connectivity index (χ3n) is 5.29. The zero-order valence-electron chi connectivity index (χ0n) is 19.4. The molecule has 0 fully saturated rings. The van der Waals surface area contributed by atoms with Crippen LogP contribution in [0.3, 0.4) is 0 Å². The van der Waals surface area contributed by atoms with Crippen LogP contribution >= 0.6 is 0 Å². The molecule has 1 atom stereocenters. The van der Waals surface area contributed by atoms with Crippen molar-refractivity contribution in [1.29, 1.82) is 0 Å². The maximum absolute atomic E-state index is 13.4. The number of nitrogens with zero attached hydrogens (tertiary/aromatic N) is 1. The quantitative estimate of drug-likeness (QED) is 0.466. The molecule has 0 heterocycles. The van der Waals surface area contributed by atoms with Crippen LogP contribution in [0.25, 0.3) is 0 Å². The summed E-state index contributed by atoms with van der Waals surface area (Å²) in [6.07, 6.45) is 0.346. The number of hydrogen-bond donors (Lipinski definition) is 1. The normalized spacial score (nSPS) is 11.4. The van der Waals surface area contributed by atoms with Crippen molar-refractivity contribution in [3.8, 4) is 11.5 Å². The lowest BCUT2D eigenvalue weighted by Crippen LogP contribution is -2.51. The molecule has 3 aromatic rings. The van der Waals surface area contributed by atoms with Gasteiger partial charge in [-0.05, 0) is 54.4 Å². The average Bonchev–Trinajstić information content (AvgIpc) is 2.86. The predicted molar refractivity (Wildman–Crippen MR) is 128 cm³/mol. The summed E-state index contributed by atoms with van der Waals surface area (Å²) < 4.78 is 24.1. The van der Waals surface area contributed by atoms with Gasteiger partial charge < -0.3 is 19.7 Å². The summed E-state index contributed by atoms with van der Waals surface area (Å²) in [6, 6.07) is 21.6. The Balaban J connectivity index is 1.89. The molecule has 0 aliphatic heterocycles. The van der Waals surface area contributed by atoms with Gasteiger partial charge in [-0.25, -0.2) is 4.39 Å². The lowest BCUT2D eigenvalue weighted by molar-refractivity contribution is -0.142. The number of ether oxygens (including phenoxy) is 2. The Bertz CT molecular complexity index is 1070. The fraction of sp³-hybridized carbons (Fsp3) is 0.259. The van der Waals surface area contributed by atoms with Crippen molar-refractivity contribution in [1.82, 2.24) is 10.2 Å². The summed E-state index contributed by atoms with van der Waals surface area (Å²) in [5, 5.41) is 2.85. The predicted octanol–water partition coefficient (Wildman–Crippen LogP) is 3.99. The molecular weight excluding hydrogens is 435 g/mol. The molecule has 3 rings (SSSR count). The highest BCUT2D eigenvalue weighted by Gasteiger charge is 2.30. The number of halogens is 1. The number of methoxy groups -OCH3 is 1. The second-order valence-electron chi connectivity index (χ2n) is 7.72. The Hall–Kier alpha value is -3.87. The van der Waals surface area contributed by atoms with Gasteiger partial charge in [-0.1, -0.05) is 42.5 Å². The Morgan fingerprint density at radius 1 is 0.941 bits per heavy atom. The van der Waals surface area contributed by atoms with Crippen LogP contribution in [0, 0.1) is 5.82 Å². The summed E-state index contributed by atoms with van der Waals surface area (Å²) in [6.45, 7) is 2.18. The number of nitrogens with one attached hydrogen (secondary N) is 1. The first-order valence-electron chi connectivity index (χ1n) is 11.1. The molecule has 1 N–H and O–H groups in total. The number of hydrogen-bond acceptors (Lipinski definition) is 4. The van der Waals surface area contributed by atoms with Crippen LogP contribution in [0.4, 0.5) is 4.39 Å². The van der Waals surface area contributed by atoms with Crippen molar-refractivity contribution in [2.45, 2.75) is 25.9 Å². The van der Waals surface area contributed by atoms with Crippen molar-refractivity contribution in [2.75, 3.05) is 20.3 Å². The van der Waals surface area contributed by atoms with Gasteiger partial charge in [0.05, 0.1) is 7.11 Å². The topological polar surface area (TPSA) is 67.9 Å². The number of carbonyl (C=O) groups excluding carboxylic acids is 2. The molecule has 0 unspecified atom stereocenters. The number of carbonyl (C=O) groups is 2. The molecule has 0 aromatic heterocycles. The highest BCUT2D eigenvalue weighted by molar-refractivity contribution is 5.88. The smallest absolute Gasteiger partial charge is 0.261 e. The first-order valence-corrected chi connectivity index (χ1v) is 11.1. The van der Waals surface area contributed by atoms with Crippen molar-refractivity contribution in [3.63, 3.8) is 0 Å². The first kappa shape index (κ1) is 24.8. The summed E-state index contributed by atoms with van der Waals surface area (Å²) >= 11 is 0. The van der Waals surface area contributed by atoms with E-state index in [0.717, 1.165) is 11.1 Å². The van der Waals surface area contributed by atoms with E-state index in [1.165, 1.54) is 29.2 Å². The Morgan fingerprint density at radius 2 is 1.65 bits per heavy atom. The average molecular weight is 465 g/mol. The fourth-order valence-electron chi connectivity index (χ4n) is 3.57. The van der Waals surface area contributed by atoms with E-state index in [9.17, 15) is 14.0 Å². The summed E-state index contributed by atoms with van der Waals surface area (Å²) in [4.78, 5) is 28.0. The van der Waals surface area contributed by atoms with Crippen LogP contribution in [-0.2, 0) is 22.6 Å². The van der Waals surface area contributed by atoms with Crippen molar-refractivity contribution < 1.29 is 23.5 Å². The molecule has 0 saturated carbocycles. The van der Waals surface area contributed by atoms with Gasteiger partial charge in [-0.15, -0.1) is 0 Å². The SMILES string of the molecule is CCNC(=O)[C@@H](Cc1ccccc1)N(Cc1cccc(OC)c1)C(=O)COc1ccc(F)cc1. The molecule has 3 aromatic carbocycles. The second-order valence-corrected chi connectivity index (χ2v) is 7.72. The molecule has 0 bridgehead atoms. The van der Waals surface area contributed by atoms with Gasteiger partial charge in [0.2, 0.25) is 5.91 Å². The van der Waals surface area contributed by atoms with Crippen LogP contribution in [0.2, 0.25) is 0 Å². The zero-order valence-corrected chi connectivity index (χ0v) is 19.4. The van der Waals surface area contributed by atoms with E-state index in [-0.39, 0.29) is 25.0 Å². The van der Waals surface area contributed by atoms with Crippen LogP contribution in [0.15, 0.2) is 78.9 Å². The number of amides is 2. The van der Waals surface area contributed by atoms with Gasteiger partial charge in [-0.2, -0.15) is 0 Å². The molecule has 0 saturated heterocycles.